The number of carbonyl (C=O) groups is 4. The van der Waals surface area contributed by atoms with E-state index in [1.54, 1.807) is 0 Å². The van der Waals surface area contributed by atoms with Crippen LogP contribution in [0.25, 0.3) is 0 Å². The minimum atomic E-state index is -6.01. The van der Waals surface area contributed by atoms with Crippen LogP contribution in [0.1, 0.15) is 52.6 Å². The van der Waals surface area contributed by atoms with Crippen LogP contribution in [0, 0.1) is 0 Å². The molecule has 0 fully saturated rings. The van der Waals surface area contributed by atoms with E-state index in [2.05, 4.69) is 31.9 Å². The fourth-order valence-corrected chi connectivity index (χ4v) is 5.69. The highest BCUT2D eigenvalue weighted by Gasteiger charge is 2.72. The normalized spacial score (nSPS) is 11.9. The molecule has 0 saturated carbocycles. The van der Waals surface area contributed by atoms with E-state index in [0.29, 0.717) is 24.3 Å². The van der Waals surface area contributed by atoms with Crippen molar-refractivity contribution < 1.29 is 75.4 Å². The highest BCUT2D eigenvalue weighted by atomic mass is 79.9. The molecule has 0 saturated heterocycles. The zero-order chi connectivity index (χ0) is 36.6. The largest absolute Gasteiger partial charge is 0.478 e. The van der Waals surface area contributed by atoms with Gasteiger partial charge in [-0.15, -0.1) is 0 Å². The zero-order valence-electron chi connectivity index (χ0n) is 23.7. The summed E-state index contributed by atoms with van der Waals surface area (Å²) in [5.41, 5.74) is -9.85. The van der Waals surface area contributed by atoms with Crippen molar-refractivity contribution in [2.75, 3.05) is 0 Å². The third-order valence-corrected chi connectivity index (χ3v) is 8.18. The summed E-state index contributed by atoms with van der Waals surface area (Å²) in [6, 6.07) is 9.04. The Kier molecular flexibility index (Phi) is 10.1. The molecule has 0 bridgehead atoms. The summed E-state index contributed by atoms with van der Waals surface area (Å²) in [6.45, 7) is 0. The Balaban J connectivity index is 1.79. The maximum absolute atomic E-state index is 14.8. The predicted octanol–water partition coefficient (Wildman–Crippen LogP) is 9.00. The average Bonchev–Trinajstić information content (AvgIpc) is 2.98. The Bertz CT molecular complexity index is 1870. The second-order valence-electron chi connectivity index (χ2n) is 9.88. The first-order valence-corrected chi connectivity index (χ1v) is 14.6. The first-order chi connectivity index (χ1) is 22.7. The molecule has 49 heavy (non-hydrogen) atoms. The van der Waals surface area contributed by atoms with E-state index in [0.717, 1.165) is 48.5 Å². The fraction of sp³-hybridized carbons (Fsp3) is 0.0968. The van der Waals surface area contributed by atoms with Crippen molar-refractivity contribution in [1.29, 1.82) is 0 Å². The van der Waals surface area contributed by atoms with Crippen molar-refractivity contribution in [1.82, 2.24) is 0 Å². The Morgan fingerprint density at radius 3 is 1.08 bits per heavy atom. The van der Waals surface area contributed by atoms with Crippen molar-refractivity contribution in [2.24, 2.45) is 0 Å². The van der Waals surface area contributed by atoms with Gasteiger partial charge in [0.15, 0.2) is 0 Å². The fourth-order valence-electron chi connectivity index (χ4n) is 4.77. The molecule has 0 heterocycles. The standard InChI is InChI=1S/C31H16Br2F6O10/c32-21-9-13(1-7-23(21)48-15-3-5-17(25(40)41)19(11-15)27(44)45)29(30(34,35)36,31(37,38)39)14-2-8-24(22(33)10-14)49-16-4-6-18(26(42)43)20(12-16)28(46)47/h1-12H,(H,40,41)(H,42,43)(H,44,45)(H,46,47). The number of aromatic carboxylic acids is 4. The second-order valence-corrected chi connectivity index (χ2v) is 11.6. The molecule has 0 spiro atoms. The van der Waals surface area contributed by atoms with Crippen LogP contribution in [0.4, 0.5) is 26.3 Å². The topological polar surface area (TPSA) is 168 Å². The average molecular weight is 822 g/mol. The van der Waals surface area contributed by atoms with Crippen molar-refractivity contribution in [3.8, 4) is 23.0 Å². The molecule has 4 aromatic carbocycles. The van der Waals surface area contributed by atoms with Crippen molar-refractivity contribution in [2.45, 2.75) is 17.8 Å². The molecule has 0 radical (unpaired) electrons. The van der Waals surface area contributed by atoms with Crippen LogP contribution in [0.3, 0.4) is 0 Å². The number of ether oxygens (including phenoxy) is 2. The monoisotopic (exact) mass is 820 g/mol. The second kappa shape index (κ2) is 13.4. The minimum Gasteiger partial charge on any atom is -0.478 e. The number of carboxylic acids is 4. The molecule has 0 atom stereocenters. The molecule has 0 aliphatic heterocycles. The Morgan fingerprint density at radius 2 is 0.816 bits per heavy atom. The van der Waals surface area contributed by atoms with Gasteiger partial charge in [0.2, 0.25) is 5.41 Å². The highest BCUT2D eigenvalue weighted by Crippen LogP contribution is 2.57. The molecule has 4 aromatic rings. The van der Waals surface area contributed by atoms with E-state index >= 15 is 0 Å². The van der Waals surface area contributed by atoms with Gasteiger partial charge in [-0.2, -0.15) is 26.3 Å². The Hall–Kier alpha value is -5.10. The quantitative estimate of drug-likeness (QED) is 0.113. The summed E-state index contributed by atoms with van der Waals surface area (Å²) in [5, 5.41) is 37.0. The van der Waals surface area contributed by atoms with E-state index in [1.807, 2.05) is 0 Å². The zero-order valence-corrected chi connectivity index (χ0v) is 26.9. The summed E-state index contributed by atoms with van der Waals surface area (Å²) in [6.07, 6.45) is -12.0. The van der Waals surface area contributed by atoms with Gasteiger partial charge < -0.3 is 29.9 Å². The van der Waals surface area contributed by atoms with Gasteiger partial charge in [-0.1, -0.05) is 12.1 Å². The van der Waals surface area contributed by atoms with Gasteiger partial charge in [0.05, 0.1) is 31.2 Å². The predicted molar refractivity (Wildman–Crippen MR) is 162 cm³/mol. The SMILES string of the molecule is O=C(O)c1ccc(Oc2ccc(C(c3ccc(Oc4ccc(C(=O)O)c(C(=O)O)c4)c(Br)c3)(C(F)(F)F)C(F)(F)F)cc2Br)cc1C(=O)O. The molecular weight excluding hydrogens is 806 g/mol. The van der Waals surface area contributed by atoms with Gasteiger partial charge in [0, 0.05) is 0 Å². The number of halogens is 8. The lowest BCUT2D eigenvalue weighted by Gasteiger charge is -2.38. The molecule has 4 rings (SSSR count). The van der Waals surface area contributed by atoms with Crippen LogP contribution in [0.15, 0.2) is 81.7 Å². The number of hydrogen-bond donors (Lipinski definition) is 4. The van der Waals surface area contributed by atoms with Gasteiger partial charge in [-0.25, -0.2) is 19.2 Å². The summed E-state index contributed by atoms with van der Waals surface area (Å²) in [5.74, 6) is -7.69. The molecule has 0 aliphatic carbocycles. The van der Waals surface area contributed by atoms with Crippen LogP contribution in [0.2, 0.25) is 0 Å². The number of hydrogen-bond acceptors (Lipinski definition) is 6. The highest BCUT2D eigenvalue weighted by molar-refractivity contribution is 9.11. The third-order valence-electron chi connectivity index (χ3n) is 6.94. The lowest BCUT2D eigenvalue weighted by Crippen LogP contribution is -2.54. The summed E-state index contributed by atoms with van der Waals surface area (Å²) in [7, 11) is 0. The lowest BCUT2D eigenvalue weighted by atomic mass is 9.73. The van der Waals surface area contributed by atoms with Gasteiger partial charge in [0.1, 0.15) is 23.0 Å². The van der Waals surface area contributed by atoms with Crippen LogP contribution >= 0.6 is 31.9 Å². The molecule has 0 aliphatic rings. The smallest absolute Gasteiger partial charge is 0.411 e. The Morgan fingerprint density at radius 1 is 0.490 bits per heavy atom. The molecule has 0 unspecified atom stereocenters. The van der Waals surface area contributed by atoms with E-state index in [9.17, 15) is 65.9 Å². The van der Waals surface area contributed by atoms with Gasteiger partial charge >= 0.3 is 36.2 Å². The molecule has 0 aromatic heterocycles. The maximum Gasteiger partial charge on any atom is 0.411 e. The molecule has 4 N–H and O–H groups in total. The number of benzene rings is 4. The number of carboxylic acid groups (broad SMARTS) is 4. The van der Waals surface area contributed by atoms with Gasteiger partial charge in [0.25, 0.3) is 0 Å². The lowest BCUT2D eigenvalue weighted by molar-refractivity contribution is -0.288. The number of alkyl halides is 6. The minimum absolute atomic E-state index is 0.290. The van der Waals surface area contributed by atoms with Crippen LogP contribution in [-0.2, 0) is 5.41 Å². The first kappa shape index (κ1) is 36.7. The van der Waals surface area contributed by atoms with E-state index in [4.69, 9.17) is 9.47 Å². The van der Waals surface area contributed by atoms with E-state index in [-0.39, 0.29) is 23.0 Å². The van der Waals surface area contributed by atoms with E-state index in [1.165, 1.54) is 0 Å². The molecular formula is C31H16Br2F6O10. The van der Waals surface area contributed by atoms with Crippen LogP contribution in [-0.4, -0.2) is 56.7 Å². The first-order valence-electron chi connectivity index (χ1n) is 13.0. The summed E-state index contributed by atoms with van der Waals surface area (Å²) < 4.78 is 99.0. The third kappa shape index (κ3) is 7.05. The number of rotatable bonds is 10. The van der Waals surface area contributed by atoms with Crippen molar-refractivity contribution in [3.05, 3.63) is 115 Å². The van der Waals surface area contributed by atoms with Crippen LogP contribution < -0.4 is 9.47 Å². The van der Waals surface area contributed by atoms with Gasteiger partial charge in [-0.3, -0.25) is 0 Å². The molecule has 18 heteroatoms. The molecule has 10 nitrogen and oxygen atoms in total. The maximum atomic E-state index is 14.8. The molecule has 256 valence electrons. The summed E-state index contributed by atoms with van der Waals surface area (Å²) >= 11 is 5.81. The van der Waals surface area contributed by atoms with E-state index < -0.39 is 84.0 Å². The molecule has 0 amide bonds. The van der Waals surface area contributed by atoms with Gasteiger partial charge in [-0.05, 0) is 104 Å². The summed E-state index contributed by atoms with van der Waals surface area (Å²) in [4.78, 5) is 45.6. The van der Waals surface area contributed by atoms with Crippen molar-refractivity contribution >= 4 is 55.7 Å². The van der Waals surface area contributed by atoms with Crippen LogP contribution in [0.5, 0.6) is 23.0 Å². The van der Waals surface area contributed by atoms with Crippen molar-refractivity contribution in [3.63, 3.8) is 0 Å². The Labute approximate surface area is 286 Å².